The van der Waals surface area contributed by atoms with Crippen LogP contribution in [0.4, 0.5) is 11.5 Å². The Balaban J connectivity index is 1.77. The highest BCUT2D eigenvalue weighted by atomic mass is 16.6. The summed E-state index contributed by atoms with van der Waals surface area (Å²) in [5.41, 5.74) is 1.48. The molecule has 0 aliphatic heterocycles. The molecule has 9 nitrogen and oxygen atoms in total. The summed E-state index contributed by atoms with van der Waals surface area (Å²) in [6, 6.07) is 12.6. The normalized spacial score (nSPS) is 10.4. The number of H-pyrrole nitrogens is 1. The molecule has 0 spiro atoms. The lowest BCUT2D eigenvalue weighted by Crippen LogP contribution is -2.12. The molecule has 3 aromatic rings. The van der Waals surface area contributed by atoms with E-state index in [1.165, 1.54) is 19.2 Å². The summed E-state index contributed by atoms with van der Waals surface area (Å²) in [5, 5.41) is 20.4. The Bertz CT molecular complexity index is 1020. The largest absolute Gasteiger partial charge is 0.493 e. The van der Waals surface area contributed by atoms with Crippen LogP contribution < -0.4 is 14.8 Å². The fourth-order valence-corrected chi connectivity index (χ4v) is 2.59. The number of carbonyl (C=O) groups is 1. The van der Waals surface area contributed by atoms with Crippen molar-refractivity contribution >= 4 is 17.4 Å². The smallest absolute Gasteiger partial charge is 0.270 e. The van der Waals surface area contributed by atoms with Crippen molar-refractivity contribution in [3.05, 3.63) is 64.2 Å². The number of carbonyl (C=O) groups excluding carboxylic acids is 1. The Morgan fingerprint density at radius 1 is 1.21 bits per heavy atom. The highest BCUT2D eigenvalue weighted by molar-refractivity contribution is 6.04. The molecule has 0 atom stereocenters. The van der Waals surface area contributed by atoms with Crippen molar-refractivity contribution in [3.63, 3.8) is 0 Å². The number of amides is 1. The number of aromatic nitrogens is 2. The van der Waals surface area contributed by atoms with E-state index in [-0.39, 0.29) is 11.6 Å². The number of hydrogen-bond donors (Lipinski definition) is 2. The minimum atomic E-state index is -0.470. The van der Waals surface area contributed by atoms with Gasteiger partial charge in [-0.2, -0.15) is 5.10 Å². The van der Waals surface area contributed by atoms with Crippen molar-refractivity contribution in [3.8, 4) is 22.8 Å². The number of methoxy groups -OCH3 is 1. The van der Waals surface area contributed by atoms with E-state index in [1.54, 1.807) is 36.4 Å². The number of nitrogens with one attached hydrogen (secondary N) is 2. The lowest BCUT2D eigenvalue weighted by atomic mass is 10.1. The fourth-order valence-electron chi connectivity index (χ4n) is 2.59. The van der Waals surface area contributed by atoms with Gasteiger partial charge in [0.25, 0.3) is 11.6 Å². The molecule has 2 N–H and O–H groups in total. The molecule has 1 aromatic heterocycles. The number of non-ortho nitro benzene ring substituents is 1. The average Bonchev–Trinajstić information content (AvgIpc) is 3.17. The van der Waals surface area contributed by atoms with Gasteiger partial charge in [-0.05, 0) is 25.1 Å². The SMILES string of the molecule is CCOc1ccc(C(=O)Nc2cc(-c3cccc([N+](=O)[O-])c3)[nH]n2)cc1OC. The van der Waals surface area contributed by atoms with Gasteiger partial charge in [-0.15, -0.1) is 0 Å². The average molecular weight is 382 g/mol. The molecule has 1 amide bonds. The molecule has 144 valence electrons. The molecule has 0 fully saturated rings. The third-order valence-electron chi connectivity index (χ3n) is 3.91. The molecule has 3 rings (SSSR count). The second-order valence-electron chi connectivity index (χ2n) is 5.73. The molecule has 2 aromatic carbocycles. The molecule has 9 heteroatoms. The van der Waals surface area contributed by atoms with Gasteiger partial charge >= 0.3 is 0 Å². The van der Waals surface area contributed by atoms with E-state index in [2.05, 4.69) is 15.5 Å². The van der Waals surface area contributed by atoms with Gasteiger partial charge in [0.05, 0.1) is 24.3 Å². The maximum Gasteiger partial charge on any atom is 0.270 e. The van der Waals surface area contributed by atoms with Crippen LogP contribution in [0.5, 0.6) is 11.5 Å². The molecule has 0 aliphatic carbocycles. The molecule has 28 heavy (non-hydrogen) atoms. The predicted molar refractivity (Wildman–Crippen MR) is 103 cm³/mol. The first-order valence-corrected chi connectivity index (χ1v) is 8.44. The number of nitro benzene ring substituents is 1. The Hall–Kier alpha value is -3.88. The summed E-state index contributed by atoms with van der Waals surface area (Å²) in [5.74, 6) is 0.917. The first-order chi connectivity index (χ1) is 13.5. The van der Waals surface area contributed by atoms with Crippen molar-refractivity contribution in [1.29, 1.82) is 0 Å². The number of nitrogens with zero attached hydrogens (tertiary/aromatic N) is 2. The summed E-state index contributed by atoms with van der Waals surface area (Å²) < 4.78 is 10.7. The molecule has 0 saturated heterocycles. The van der Waals surface area contributed by atoms with Crippen LogP contribution >= 0.6 is 0 Å². The van der Waals surface area contributed by atoms with Crippen LogP contribution in [0.1, 0.15) is 17.3 Å². The fraction of sp³-hybridized carbons (Fsp3) is 0.158. The van der Waals surface area contributed by atoms with Crippen molar-refractivity contribution in [2.45, 2.75) is 6.92 Å². The van der Waals surface area contributed by atoms with E-state index in [4.69, 9.17) is 9.47 Å². The van der Waals surface area contributed by atoms with Crippen LogP contribution in [0.2, 0.25) is 0 Å². The van der Waals surface area contributed by atoms with Crippen LogP contribution in [0.25, 0.3) is 11.3 Å². The van der Waals surface area contributed by atoms with Crippen molar-refractivity contribution in [2.24, 2.45) is 0 Å². The molecule has 0 unspecified atom stereocenters. The third-order valence-corrected chi connectivity index (χ3v) is 3.91. The quantitative estimate of drug-likeness (QED) is 0.475. The van der Waals surface area contributed by atoms with Crippen LogP contribution in [0.15, 0.2) is 48.5 Å². The van der Waals surface area contributed by atoms with E-state index < -0.39 is 4.92 Å². The highest BCUT2D eigenvalue weighted by Gasteiger charge is 2.14. The number of rotatable bonds is 7. The first-order valence-electron chi connectivity index (χ1n) is 8.44. The molecule has 0 saturated carbocycles. The first kappa shape index (κ1) is 18.9. The van der Waals surface area contributed by atoms with Gasteiger partial charge in [0.2, 0.25) is 0 Å². The monoisotopic (exact) mass is 382 g/mol. The van der Waals surface area contributed by atoms with Crippen LogP contribution in [-0.4, -0.2) is 34.7 Å². The minimum absolute atomic E-state index is 0.0285. The van der Waals surface area contributed by atoms with Crippen LogP contribution in [0.3, 0.4) is 0 Å². The molecular weight excluding hydrogens is 364 g/mol. The zero-order valence-corrected chi connectivity index (χ0v) is 15.3. The standard InChI is InChI=1S/C19H18N4O5/c1-3-28-16-8-7-13(10-17(16)27-2)19(24)20-18-11-15(21-22-18)12-5-4-6-14(9-12)23(25)26/h4-11H,3H2,1-2H3,(H2,20,21,22,24). The lowest BCUT2D eigenvalue weighted by molar-refractivity contribution is -0.384. The van der Waals surface area contributed by atoms with Gasteiger partial charge in [0.1, 0.15) is 0 Å². The number of benzene rings is 2. The maximum atomic E-state index is 12.5. The summed E-state index contributed by atoms with van der Waals surface area (Å²) in [6.45, 7) is 2.34. The zero-order valence-electron chi connectivity index (χ0n) is 15.3. The second-order valence-corrected chi connectivity index (χ2v) is 5.73. The molecule has 0 radical (unpaired) electrons. The van der Waals surface area contributed by atoms with Gasteiger partial charge in [-0.3, -0.25) is 20.0 Å². The second kappa shape index (κ2) is 8.21. The lowest BCUT2D eigenvalue weighted by Gasteiger charge is -2.10. The van der Waals surface area contributed by atoms with Gasteiger partial charge in [0, 0.05) is 29.3 Å². The Morgan fingerprint density at radius 2 is 2.04 bits per heavy atom. The summed E-state index contributed by atoms with van der Waals surface area (Å²) in [4.78, 5) is 22.9. The Morgan fingerprint density at radius 3 is 2.75 bits per heavy atom. The minimum Gasteiger partial charge on any atom is -0.493 e. The van der Waals surface area contributed by atoms with Crippen LogP contribution in [0, 0.1) is 10.1 Å². The van der Waals surface area contributed by atoms with E-state index >= 15 is 0 Å². The maximum absolute atomic E-state index is 12.5. The van der Waals surface area contributed by atoms with E-state index in [0.29, 0.717) is 40.7 Å². The van der Waals surface area contributed by atoms with Crippen LogP contribution in [-0.2, 0) is 0 Å². The van der Waals surface area contributed by atoms with E-state index in [0.717, 1.165) is 0 Å². The number of hydrogen-bond acceptors (Lipinski definition) is 6. The highest BCUT2D eigenvalue weighted by Crippen LogP contribution is 2.29. The van der Waals surface area contributed by atoms with Gasteiger partial charge in [-0.1, -0.05) is 12.1 Å². The predicted octanol–water partition coefficient (Wildman–Crippen LogP) is 3.64. The number of ether oxygens (including phenoxy) is 2. The molecule has 0 aliphatic rings. The number of anilines is 1. The van der Waals surface area contributed by atoms with Crippen molar-refractivity contribution in [2.75, 3.05) is 19.0 Å². The summed E-state index contributed by atoms with van der Waals surface area (Å²) in [7, 11) is 1.50. The Kier molecular flexibility index (Phi) is 5.54. The van der Waals surface area contributed by atoms with Gasteiger partial charge < -0.3 is 14.8 Å². The zero-order chi connectivity index (χ0) is 20.1. The van der Waals surface area contributed by atoms with Crippen molar-refractivity contribution < 1.29 is 19.2 Å². The topological polar surface area (TPSA) is 119 Å². The molecule has 0 bridgehead atoms. The van der Waals surface area contributed by atoms with Crippen molar-refractivity contribution in [1.82, 2.24) is 10.2 Å². The van der Waals surface area contributed by atoms with Gasteiger partial charge in [-0.25, -0.2) is 0 Å². The summed E-state index contributed by atoms with van der Waals surface area (Å²) >= 11 is 0. The Labute approximate surface area is 160 Å². The number of aromatic amines is 1. The number of nitro groups is 1. The molecule has 1 heterocycles. The van der Waals surface area contributed by atoms with E-state index in [1.807, 2.05) is 6.92 Å². The molecular formula is C19H18N4O5. The summed E-state index contributed by atoms with van der Waals surface area (Å²) in [6.07, 6.45) is 0. The third kappa shape index (κ3) is 4.09. The van der Waals surface area contributed by atoms with E-state index in [9.17, 15) is 14.9 Å². The van der Waals surface area contributed by atoms with Gasteiger partial charge in [0.15, 0.2) is 17.3 Å².